The first-order chi connectivity index (χ1) is 4.00. The molecule has 0 aliphatic carbocycles. The number of rotatable bonds is 1. The monoisotopic (exact) mass is 157 g/mol. The Labute approximate surface area is 53.8 Å². The van der Waals surface area contributed by atoms with E-state index in [9.17, 15) is 4.79 Å². The predicted octanol–water partition coefficient (Wildman–Crippen LogP) is -1.29. The Morgan fingerprint density at radius 3 is 1.67 bits per heavy atom. The lowest BCUT2D eigenvalue weighted by molar-refractivity contribution is -0.135. The Kier molecular flexibility index (Phi) is 9.43. The van der Waals surface area contributed by atoms with Crippen LogP contribution in [0.5, 0.6) is 0 Å². The van der Waals surface area contributed by atoms with Crippen LogP contribution in [-0.4, -0.2) is 30.9 Å². The molecule has 0 heterocycles. The minimum absolute atomic E-state index is 0.278. The lowest BCUT2D eigenvalue weighted by Crippen LogP contribution is -2.10. The molecule has 0 fully saturated rings. The molecule has 6 nitrogen and oxygen atoms in total. The van der Waals surface area contributed by atoms with Gasteiger partial charge in [0.25, 0.3) is 11.4 Å². The van der Waals surface area contributed by atoms with Crippen molar-refractivity contribution in [2.75, 3.05) is 6.54 Å². The van der Waals surface area contributed by atoms with Crippen LogP contribution < -0.4 is 5.73 Å². The topological polar surface area (TPSA) is 121 Å². The molecule has 0 saturated heterocycles. The number of carboxylic acid groups (broad SMARTS) is 1. The van der Waals surface area contributed by atoms with E-state index in [1.165, 1.54) is 0 Å². The van der Waals surface area contributed by atoms with E-state index < -0.39 is 17.3 Å². The summed E-state index contributed by atoms with van der Waals surface area (Å²) in [6.07, 6.45) is 0. The summed E-state index contributed by atoms with van der Waals surface area (Å²) in [5.74, 6) is -0.968. The molecule has 0 aromatic heterocycles. The van der Waals surface area contributed by atoms with Crippen molar-refractivity contribution in [3.63, 3.8) is 0 Å². The summed E-state index contributed by atoms with van der Waals surface area (Å²) in [4.78, 5) is 9.24. The van der Waals surface area contributed by atoms with Crippen molar-refractivity contribution in [3.8, 4) is 0 Å². The Morgan fingerprint density at radius 2 is 1.67 bits per heavy atom. The van der Waals surface area contributed by atoms with Crippen LogP contribution in [0.2, 0.25) is 0 Å². The fourth-order valence-electron chi connectivity index (χ4n) is 0. The van der Waals surface area contributed by atoms with Gasteiger partial charge in [-0.1, -0.05) is 0 Å². The van der Waals surface area contributed by atoms with Gasteiger partial charge in [-0.2, -0.15) is 4.21 Å². The summed E-state index contributed by atoms with van der Waals surface area (Å²) in [5, 5.41) is 7.60. The standard InChI is InChI=1S/C2H5NO2.H2O3S/c3-1-2(4)5;1-4(2)3/h1,3H2,(H,4,5);(H2,1,2,3). The Balaban J connectivity index is 0. The van der Waals surface area contributed by atoms with Gasteiger partial charge in [-0.25, -0.2) is 0 Å². The van der Waals surface area contributed by atoms with Crippen LogP contribution in [0.1, 0.15) is 0 Å². The molecule has 0 rings (SSSR count). The fraction of sp³-hybridized carbons (Fsp3) is 0.500. The molecule has 5 N–H and O–H groups in total. The molecule has 0 spiro atoms. The van der Waals surface area contributed by atoms with Crippen LogP contribution in [0.3, 0.4) is 0 Å². The molecule has 0 aliphatic rings. The van der Waals surface area contributed by atoms with Gasteiger partial charge >= 0.3 is 5.97 Å². The van der Waals surface area contributed by atoms with Crippen LogP contribution in [0.15, 0.2) is 0 Å². The highest BCUT2D eigenvalue weighted by Gasteiger charge is 1.81. The number of hydrogen-bond acceptors (Lipinski definition) is 3. The third kappa shape index (κ3) is 101. The average Bonchev–Trinajstić information content (AvgIpc) is 1.65. The second-order valence-corrected chi connectivity index (χ2v) is 1.29. The second kappa shape index (κ2) is 7.50. The van der Waals surface area contributed by atoms with E-state index in [1.807, 2.05) is 0 Å². The smallest absolute Gasteiger partial charge is 0.317 e. The largest absolute Gasteiger partial charge is 0.480 e. The van der Waals surface area contributed by atoms with E-state index in [1.54, 1.807) is 0 Å². The molecule has 0 aromatic carbocycles. The molecule has 0 atom stereocenters. The molecule has 7 heteroatoms. The van der Waals surface area contributed by atoms with Crippen molar-refractivity contribution in [1.82, 2.24) is 0 Å². The van der Waals surface area contributed by atoms with Gasteiger partial charge in [-0.15, -0.1) is 0 Å². The van der Waals surface area contributed by atoms with E-state index in [-0.39, 0.29) is 6.54 Å². The zero-order valence-corrected chi connectivity index (χ0v) is 5.17. The van der Waals surface area contributed by atoms with Gasteiger partial charge in [0.1, 0.15) is 0 Å². The quantitative estimate of drug-likeness (QED) is 0.351. The minimum atomic E-state index is -2.61. The molecule has 0 aromatic rings. The minimum Gasteiger partial charge on any atom is -0.480 e. The van der Waals surface area contributed by atoms with Crippen molar-refractivity contribution >= 4 is 17.3 Å². The molecule has 9 heavy (non-hydrogen) atoms. The van der Waals surface area contributed by atoms with E-state index in [2.05, 4.69) is 5.73 Å². The molecule has 0 aliphatic heterocycles. The summed E-state index contributed by atoms with van der Waals surface area (Å²) in [6, 6.07) is 0. The van der Waals surface area contributed by atoms with E-state index >= 15 is 0 Å². The van der Waals surface area contributed by atoms with Crippen molar-refractivity contribution in [3.05, 3.63) is 0 Å². The Morgan fingerprint density at radius 1 is 1.56 bits per heavy atom. The average molecular weight is 157 g/mol. The first-order valence-corrected chi connectivity index (χ1v) is 2.78. The maximum Gasteiger partial charge on any atom is 0.317 e. The van der Waals surface area contributed by atoms with Crippen LogP contribution in [0.4, 0.5) is 0 Å². The van der Waals surface area contributed by atoms with Crippen LogP contribution in [-0.2, 0) is 16.2 Å². The molecular weight excluding hydrogens is 150 g/mol. The van der Waals surface area contributed by atoms with E-state index in [4.69, 9.17) is 18.4 Å². The highest BCUT2D eigenvalue weighted by molar-refractivity contribution is 7.73. The third-order valence-electron chi connectivity index (χ3n) is 0.175. The van der Waals surface area contributed by atoms with Gasteiger partial charge in [0.2, 0.25) is 0 Å². The third-order valence-corrected chi connectivity index (χ3v) is 0.175. The van der Waals surface area contributed by atoms with Crippen molar-refractivity contribution in [2.24, 2.45) is 5.73 Å². The summed E-state index contributed by atoms with van der Waals surface area (Å²) in [5.41, 5.74) is 4.57. The number of hydrogen-bond donors (Lipinski definition) is 4. The molecule has 0 unspecified atom stereocenters. The number of nitrogens with two attached hydrogens (primary N) is 1. The highest BCUT2D eigenvalue weighted by atomic mass is 32.2. The number of aliphatic carboxylic acids is 1. The molecule has 0 saturated carbocycles. The van der Waals surface area contributed by atoms with Crippen molar-refractivity contribution in [2.45, 2.75) is 0 Å². The van der Waals surface area contributed by atoms with Crippen LogP contribution in [0, 0.1) is 0 Å². The van der Waals surface area contributed by atoms with Crippen LogP contribution in [0.25, 0.3) is 0 Å². The summed E-state index contributed by atoms with van der Waals surface area (Å²) >= 11 is -2.61. The van der Waals surface area contributed by atoms with Gasteiger partial charge in [0, 0.05) is 0 Å². The molecule has 0 radical (unpaired) electrons. The number of carbonyl (C=O) groups is 1. The van der Waals surface area contributed by atoms with Crippen molar-refractivity contribution < 1.29 is 23.2 Å². The summed E-state index contributed by atoms with van der Waals surface area (Å²) in [7, 11) is 0. The van der Waals surface area contributed by atoms with Crippen LogP contribution >= 0.6 is 0 Å². The van der Waals surface area contributed by atoms with Gasteiger partial charge in [-0.05, 0) is 0 Å². The molecule has 0 bridgehead atoms. The molecule has 0 amide bonds. The Hall–Kier alpha value is -0.500. The molecule has 56 valence electrons. The predicted molar refractivity (Wildman–Crippen MR) is 30.1 cm³/mol. The zero-order valence-electron chi connectivity index (χ0n) is 4.35. The highest BCUT2D eigenvalue weighted by Crippen LogP contribution is 1.44. The fourth-order valence-corrected chi connectivity index (χ4v) is 0. The number of carboxylic acids is 1. The SMILES string of the molecule is NCC(=O)O.O=S(O)O. The maximum absolute atomic E-state index is 9.24. The van der Waals surface area contributed by atoms with Gasteiger partial charge in [0.15, 0.2) is 0 Å². The maximum atomic E-state index is 9.24. The first-order valence-electron chi connectivity index (χ1n) is 1.72. The lowest BCUT2D eigenvalue weighted by Gasteiger charge is -1.73. The first kappa shape index (κ1) is 11.3. The van der Waals surface area contributed by atoms with Gasteiger partial charge in [0.05, 0.1) is 6.54 Å². The summed E-state index contributed by atoms with van der Waals surface area (Å²) in [6.45, 7) is -0.278. The van der Waals surface area contributed by atoms with E-state index in [0.29, 0.717) is 0 Å². The normalized spacial score (nSPS) is 8.00. The summed E-state index contributed by atoms with van der Waals surface area (Å²) < 4.78 is 22.8. The van der Waals surface area contributed by atoms with E-state index in [0.717, 1.165) is 0 Å². The molecular formula is C2H7NO5S. The van der Waals surface area contributed by atoms with Gasteiger partial charge < -0.3 is 10.8 Å². The zero-order chi connectivity index (χ0) is 7.86. The van der Waals surface area contributed by atoms with Gasteiger partial charge in [-0.3, -0.25) is 13.9 Å². The second-order valence-electron chi connectivity index (χ2n) is 0.829. The Bertz CT molecular complexity index is 99.1. The lowest BCUT2D eigenvalue weighted by atomic mass is 10.7. The van der Waals surface area contributed by atoms with Crippen molar-refractivity contribution in [1.29, 1.82) is 0 Å².